The molecule has 0 aromatic heterocycles. The van der Waals surface area contributed by atoms with Crippen LogP contribution in [0.25, 0.3) is 0 Å². The Morgan fingerprint density at radius 3 is 1.37 bits per heavy atom. The second kappa shape index (κ2) is 12.8. The Morgan fingerprint density at radius 1 is 0.629 bits per heavy atom. The van der Waals surface area contributed by atoms with Crippen molar-refractivity contribution in [2.24, 2.45) is 0 Å². The first-order chi connectivity index (χ1) is 16.4. The summed E-state index contributed by atoms with van der Waals surface area (Å²) in [5, 5.41) is 0. The molecular weight excluding hydrogens is 444 g/mol. The molecule has 6 heteroatoms. The number of hydrogen-bond donors (Lipinski definition) is 0. The van der Waals surface area contributed by atoms with Gasteiger partial charge in [0.15, 0.2) is 0 Å². The van der Waals surface area contributed by atoms with Gasteiger partial charge in [-0.2, -0.15) is 0 Å². The van der Waals surface area contributed by atoms with Crippen molar-refractivity contribution in [3.63, 3.8) is 0 Å². The van der Waals surface area contributed by atoms with Gasteiger partial charge in [-0.1, -0.05) is 92.0 Å². The Kier molecular flexibility index (Phi) is 10.5. The largest absolute Gasteiger partial charge is 0.373 e. The number of unbranched alkanes of at least 4 members (excludes halogenated alkanes) is 3. The summed E-state index contributed by atoms with van der Waals surface area (Å²) in [5.74, 6) is -1.35. The maximum absolute atomic E-state index is 12.4. The van der Waals surface area contributed by atoms with Gasteiger partial charge < -0.3 is 0 Å². The van der Waals surface area contributed by atoms with Crippen LogP contribution in [-0.4, -0.2) is 11.9 Å². The van der Waals surface area contributed by atoms with Crippen LogP contribution in [0.3, 0.4) is 0 Å². The summed E-state index contributed by atoms with van der Waals surface area (Å²) < 4.78 is 0. The van der Waals surface area contributed by atoms with E-state index in [0.717, 1.165) is 30.4 Å². The Morgan fingerprint density at radius 2 is 1.03 bits per heavy atom. The van der Waals surface area contributed by atoms with Crippen LogP contribution in [0.15, 0.2) is 48.5 Å². The van der Waals surface area contributed by atoms with Gasteiger partial charge in [0.05, 0.1) is 11.1 Å². The minimum Gasteiger partial charge on any atom is -0.289 e. The lowest BCUT2D eigenvalue weighted by Crippen LogP contribution is -2.17. The molecule has 2 radical (unpaired) electrons. The van der Waals surface area contributed by atoms with Gasteiger partial charge in [0, 0.05) is 6.42 Å². The molecule has 2 rings (SSSR count). The van der Waals surface area contributed by atoms with E-state index in [-0.39, 0.29) is 17.1 Å². The van der Waals surface area contributed by atoms with Crippen molar-refractivity contribution in [2.75, 3.05) is 0 Å². The summed E-state index contributed by atoms with van der Waals surface area (Å²) >= 11 is 0. The molecule has 0 fully saturated rings. The third-order valence-electron chi connectivity index (χ3n) is 5.52. The maximum Gasteiger partial charge on any atom is 0.373 e. The number of rotatable bonds is 11. The predicted octanol–water partition coefficient (Wildman–Crippen LogP) is 7.43. The zero-order valence-corrected chi connectivity index (χ0v) is 21.8. The average molecular weight is 483 g/mol. The average Bonchev–Trinajstić information content (AvgIpc) is 2.81. The minimum absolute atomic E-state index is 0.0291. The molecule has 0 aliphatic rings. The van der Waals surface area contributed by atoms with E-state index >= 15 is 0 Å². The standard InChI is InChI=1S/C29H38O6/c1-8-9-10-11-12-25(32-34-26(30)21-13-17-23(18-14-21)28(2,3)4)33-35-27(31)22-15-19-24(20-16-22)29(5,6)7/h13-20H,1,8-12H2,2-7H3. The van der Waals surface area contributed by atoms with Crippen molar-refractivity contribution in [1.82, 2.24) is 0 Å². The first-order valence-electron chi connectivity index (χ1n) is 12.1. The van der Waals surface area contributed by atoms with E-state index in [1.807, 2.05) is 24.3 Å². The highest BCUT2D eigenvalue weighted by Crippen LogP contribution is 2.24. The Bertz CT molecular complexity index is 860. The molecule has 0 atom stereocenters. The van der Waals surface area contributed by atoms with E-state index < -0.39 is 11.9 Å². The summed E-state index contributed by atoms with van der Waals surface area (Å²) in [7, 11) is 0. The van der Waals surface area contributed by atoms with Crippen LogP contribution in [0.2, 0.25) is 0 Å². The molecule has 6 nitrogen and oxygen atoms in total. The van der Waals surface area contributed by atoms with Gasteiger partial charge in [0.1, 0.15) is 0 Å². The van der Waals surface area contributed by atoms with E-state index in [1.165, 1.54) is 0 Å². The molecule has 0 spiro atoms. The number of carbonyl (C=O) groups excluding carboxylic acids is 2. The lowest BCUT2D eigenvalue weighted by Gasteiger charge is -2.19. The summed E-state index contributed by atoms with van der Waals surface area (Å²) in [5.41, 5.74) is 2.81. The fourth-order valence-corrected chi connectivity index (χ4v) is 3.20. The first-order valence-corrected chi connectivity index (χ1v) is 12.1. The van der Waals surface area contributed by atoms with Crippen molar-refractivity contribution < 1.29 is 29.1 Å². The zero-order valence-electron chi connectivity index (χ0n) is 21.8. The molecule has 0 heterocycles. The van der Waals surface area contributed by atoms with Crippen molar-refractivity contribution in [3.05, 3.63) is 84.0 Å². The van der Waals surface area contributed by atoms with Crippen molar-refractivity contribution >= 4 is 11.9 Å². The first kappa shape index (κ1) is 28.5. The number of carbonyl (C=O) groups is 2. The summed E-state index contributed by atoms with van der Waals surface area (Å²) in [6.07, 6.45) is 3.52. The fraction of sp³-hybridized carbons (Fsp3) is 0.448. The lowest BCUT2D eigenvalue weighted by atomic mass is 9.87. The summed E-state index contributed by atoms with van der Waals surface area (Å²) in [6.45, 7) is 16.4. The fourth-order valence-electron chi connectivity index (χ4n) is 3.20. The third-order valence-corrected chi connectivity index (χ3v) is 5.52. The minimum atomic E-state index is -0.673. The molecule has 0 saturated heterocycles. The molecule has 0 N–H and O–H groups in total. The van der Waals surface area contributed by atoms with Crippen LogP contribution < -0.4 is 0 Å². The van der Waals surface area contributed by atoms with Gasteiger partial charge in [-0.3, -0.25) is 9.78 Å². The quantitative estimate of drug-likeness (QED) is 0.188. The van der Waals surface area contributed by atoms with Gasteiger partial charge >= 0.3 is 18.2 Å². The maximum atomic E-state index is 12.4. The second-order valence-electron chi connectivity index (χ2n) is 10.6. The SMILES string of the molecule is [CH2]CCCCC[C](OOC(=O)c1ccc(C(C)(C)C)cc1)OOC(=O)c1ccc(C(C)(C)C)cc1. The number of hydrogen-bond acceptors (Lipinski definition) is 6. The van der Waals surface area contributed by atoms with E-state index in [9.17, 15) is 9.59 Å². The molecule has 0 aliphatic heterocycles. The van der Waals surface area contributed by atoms with Gasteiger partial charge in [-0.25, -0.2) is 9.59 Å². The van der Waals surface area contributed by atoms with Crippen LogP contribution in [0.4, 0.5) is 0 Å². The molecule has 190 valence electrons. The van der Waals surface area contributed by atoms with Crippen LogP contribution in [0, 0.1) is 13.2 Å². The van der Waals surface area contributed by atoms with E-state index in [2.05, 4.69) is 48.5 Å². The topological polar surface area (TPSA) is 71.1 Å². The highest BCUT2D eigenvalue weighted by atomic mass is 17.3. The highest BCUT2D eigenvalue weighted by Gasteiger charge is 2.22. The highest BCUT2D eigenvalue weighted by molar-refractivity contribution is 5.89. The molecule has 0 aliphatic carbocycles. The van der Waals surface area contributed by atoms with Gasteiger partial charge in [-0.05, 0) is 52.6 Å². The predicted molar refractivity (Wildman–Crippen MR) is 135 cm³/mol. The summed E-state index contributed by atoms with van der Waals surface area (Å²) in [4.78, 5) is 45.0. The van der Waals surface area contributed by atoms with Crippen molar-refractivity contribution in [1.29, 1.82) is 0 Å². The monoisotopic (exact) mass is 482 g/mol. The van der Waals surface area contributed by atoms with Crippen molar-refractivity contribution in [3.8, 4) is 0 Å². The Labute approximate surface area is 209 Å². The summed E-state index contributed by atoms with van der Waals surface area (Å²) in [6, 6.07) is 14.2. The molecule has 0 amide bonds. The second-order valence-corrected chi connectivity index (χ2v) is 10.6. The Hall–Kier alpha value is -2.70. The van der Waals surface area contributed by atoms with Gasteiger partial charge in [-0.15, -0.1) is 9.78 Å². The molecule has 2 aromatic carbocycles. The molecule has 0 bridgehead atoms. The molecule has 35 heavy (non-hydrogen) atoms. The van der Waals surface area contributed by atoms with Crippen LogP contribution in [0.1, 0.15) is 105 Å². The van der Waals surface area contributed by atoms with Crippen molar-refractivity contribution in [2.45, 2.75) is 84.5 Å². The molecule has 2 aromatic rings. The van der Waals surface area contributed by atoms with E-state index in [4.69, 9.17) is 19.6 Å². The smallest absolute Gasteiger partial charge is 0.289 e. The normalized spacial score (nSPS) is 12.0. The van der Waals surface area contributed by atoms with Gasteiger partial charge in [0.25, 0.3) is 0 Å². The van der Waals surface area contributed by atoms with E-state index in [0.29, 0.717) is 24.0 Å². The molecule has 0 saturated carbocycles. The van der Waals surface area contributed by atoms with Gasteiger partial charge in [0.2, 0.25) is 0 Å². The Balaban J connectivity index is 1.95. The van der Waals surface area contributed by atoms with Crippen LogP contribution in [-0.2, 0) is 30.4 Å². The lowest BCUT2D eigenvalue weighted by molar-refractivity contribution is -0.363. The van der Waals surface area contributed by atoms with E-state index in [1.54, 1.807) is 24.3 Å². The van der Waals surface area contributed by atoms with Crippen LogP contribution in [0.5, 0.6) is 0 Å². The molecular formula is C29H38O6. The number of benzene rings is 2. The van der Waals surface area contributed by atoms with Crippen LogP contribution >= 0.6 is 0 Å². The third kappa shape index (κ3) is 9.46. The molecule has 0 unspecified atom stereocenters. The zero-order chi connectivity index (χ0) is 26.1.